The van der Waals surface area contributed by atoms with E-state index in [9.17, 15) is 4.79 Å². The molecule has 2 aromatic rings. The average molecular weight is 202 g/mol. The van der Waals surface area contributed by atoms with Gasteiger partial charge in [0.1, 0.15) is 5.75 Å². The van der Waals surface area contributed by atoms with Gasteiger partial charge < -0.3 is 4.74 Å². The molecule has 0 aliphatic rings. The average Bonchev–Trinajstić information content (AvgIpc) is 2.39. The summed E-state index contributed by atoms with van der Waals surface area (Å²) in [4.78, 5) is 19.5. The van der Waals surface area contributed by atoms with Crippen molar-refractivity contribution in [3.63, 3.8) is 0 Å². The number of nitrogens with zero attached hydrogens (tertiary/aromatic N) is 2. The Morgan fingerprint density at radius 2 is 1.93 bits per heavy atom. The molecule has 2 aromatic heterocycles. The quantitative estimate of drug-likeness (QED) is 0.699. The summed E-state index contributed by atoms with van der Waals surface area (Å²) in [5, 5.41) is 0.800. The van der Waals surface area contributed by atoms with Crippen molar-refractivity contribution in [1.82, 2.24) is 9.97 Å². The predicted octanol–water partition coefficient (Wildman–Crippen LogP) is 1.31. The monoisotopic (exact) mass is 202 g/mol. The molecule has 0 amide bonds. The largest absolute Gasteiger partial charge is 0.495 e. The van der Waals surface area contributed by atoms with Crippen molar-refractivity contribution in [2.24, 2.45) is 0 Å². The Morgan fingerprint density at radius 3 is 2.67 bits per heavy atom. The van der Waals surface area contributed by atoms with Crippen LogP contribution in [0.1, 0.15) is 5.56 Å². The van der Waals surface area contributed by atoms with Crippen molar-refractivity contribution in [3.05, 3.63) is 40.3 Å². The van der Waals surface area contributed by atoms with Gasteiger partial charge in [-0.25, -0.2) is 9.97 Å². The fourth-order valence-electron chi connectivity index (χ4n) is 1.31. The van der Waals surface area contributed by atoms with Gasteiger partial charge >= 0.3 is 0 Å². The van der Waals surface area contributed by atoms with Gasteiger partial charge in [0, 0.05) is 5.39 Å². The summed E-state index contributed by atoms with van der Waals surface area (Å²) in [5.74, 6) is 0.655. The summed E-state index contributed by atoms with van der Waals surface area (Å²) in [5.41, 5.74) is 1.10. The highest BCUT2D eigenvalue weighted by atomic mass is 16.5. The Hall–Kier alpha value is -1.97. The predicted molar refractivity (Wildman–Crippen MR) is 57.1 cm³/mol. The fraction of sp³-hybridized carbons (Fsp3) is 0.182. The zero-order chi connectivity index (χ0) is 10.8. The number of aryl methyl sites for hydroxylation is 1. The van der Waals surface area contributed by atoms with Gasteiger partial charge in [0.05, 0.1) is 19.5 Å². The van der Waals surface area contributed by atoms with E-state index in [0.29, 0.717) is 17.0 Å². The molecule has 0 aromatic carbocycles. The molecule has 15 heavy (non-hydrogen) atoms. The molecular weight excluding hydrogens is 192 g/mol. The topological polar surface area (TPSA) is 52.1 Å². The van der Waals surface area contributed by atoms with Gasteiger partial charge in [0.25, 0.3) is 0 Å². The Bertz CT molecular complexity index is 567. The zero-order valence-corrected chi connectivity index (χ0v) is 8.52. The Labute approximate surface area is 86.6 Å². The standard InChI is InChI=1S/C11H10N2O2/c1-7-3-8-4-9(15-2)5-12-11(8)13-6-10(7)14/h3-6H,1-2H3. The van der Waals surface area contributed by atoms with Crippen molar-refractivity contribution >= 4 is 11.0 Å². The van der Waals surface area contributed by atoms with E-state index in [4.69, 9.17) is 4.74 Å². The Balaban J connectivity index is 2.83. The fourth-order valence-corrected chi connectivity index (χ4v) is 1.31. The molecule has 2 rings (SSSR count). The van der Waals surface area contributed by atoms with E-state index in [0.717, 1.165) is 5.39 Å². The smallest absolute Gasteiger partial charge is 0.199 e. The van der Waals surface area contributed by atoms with Crippen LogP contribution in [0.3, 0.4) is 0 Å². The lowest BCUT2D eigenvalue weighted by Gasteiger charge is -1.97. The van der Waals surface area contributed by atoms with E-state index < -0.39 is 0 Å². The molecule has 0 bridgehead atoms. The molecule has 0 fully saturated rings. The van der Waals surface area contributed by atoms with Gasteiger partial charge in [0.2, 0.25) is 0 Å². The summed E-state index contributed by atoms with van der Waals surface area (Å²) in [7, 11) is 1.57. The van der Waals surface area contributed by atoms with Gasteiger partial charge in [-0.15, -0.1) is 0 Å². The van der Waals surface area contributed by atoms with Crippen molar-refractivity contribution in [2.45, 2.75) is 6.92 Å². The van der Waals surface area contributed by atoms with E-state index >= 15 is 0 Å². The summed E-state index contributed by atoms with van der Waals surface area (Å²) in [6.45, 7) is 1.75. The molecule has 0 atom stereocenters. The lowest BCUT2D eigenvalue weighted by Crippen LogP contribution is -1.98. The highest BCUT2D eigenvalue weighted by Crippen LogP contribution is 2.15. The third-order valence-electron chi connectivity index (χ3n) is 2.17. The normalized spacial score (nSPS) is 10.3. The summed E-state index contributed by atoms with van der Waals surface area (Å²) < 4.78 is 5.05. The SMILES string of the molecule is COc1cnc2ncc(=O)c(C)cc2c1. The molecule has 0 N–H and O–H groups in total. The highest BCUT2D eigenvalue weighted by molar-refractivity contribution is 5.75. The Morgan fingerprint density at radius 1 is 1.20 bits per heavy atom. The molecule has 4 heteroatoms. The second-order valence-corrected chi connectivity index (χ2v) is 3.24. The number of hydrogen-bond donors (Lipinski definition) is 0. The summed E-state index contributed by atoms with van der Waals surface area (Å²) in [6, 6.07) is 3.57. The maximum atomic E-state index is 11.4. The number of hydrogen-bond acceptors (Lipinski definition) is 4. The minimum absolute atomic E-state index is 0.0908. The number of aromatic nitrogens is 2. The van der Waals surface area contributed by atoms with Crippen LogP contribution in [0.25, 0.3) is 11.0 Å². The molecule has 2 heterocycles. The first-order valence-corrected chi connectivity index (χ1v) is 4.51. The first-order valence-electron chi connectivity index (χ1n) is 4.51. The molecule has 0 saturated heterocycles. The van der Waals surface area contributed by atoms with Gasteiger partial charge in [-0.05, 0) is 24.6 Å². The zero-order valence-electron chi connectivity index (χ0n) is 8.52. The number of rotatable bonds is 1. The second kappa shape index (κ2) is 3.65. The van der Waals surface area contributed by atoms with Crippen molar-refractivity contribution in [3.8, 4) is 5.75 Å². The number of fused-ring (bicyclic) bond motifs is 1. The van der Waals surface area contributed by atoms with Crippen molar-refractivity contribution in [2.75, 3.05) is 7.11 Å². The van der Waals surface area contributed by atoms with Crippen LogP contribution < -0.4 is 10.2 Å². The lowest BCUT2D eigenvalue weighted by atomic mass is 10.2. The first kappa shape index (κ1) is 9.58. The van der Waals surface area contributed by atoms with E-state index in [1.807, 2.05) is 6.07 Å². The van der Waals surface area contributed by atoms with Crippen LogP contribution in [0.2, 0.25) is 0 Å². The van der Waals surface area contributed by atoms with Crippen LogP contribution in [0.15, 0.2) is 29.3 Å². The second-order valence-electron chi connectivity index (χ2n) is 3.24. The number of methoxy groups -OCH3 is 1. The highest BCUT2D eigenvalue weighted by Gasteiger charge is 1.99. The van der Waals surface area contributed by atoms with Crippen molar-refractivity contribution in [1.29, 1.82) is 0 Å². The van der Waals surface area contributed by atoms with Gasteiger partial charge in [-0.1, -0.05) is 0 Å². The van der Waals surface area contributed by atoms with Crippen LogP contribution >= 0.6 is 0 Å². The minimum atomic E-state index is -0.0908. The first-order chi connectivity index (χ1) is 7.20. The van der Waals surface area contributed by atoms with E-state index in [1.54, 1.807) is 26.3 Å². The van der Waals surface area contributed by atoms with Gasteiger partial charge in [0.15, 0.2) is 11.1 Å². The third kappa shape index (κ3) is 1.79. The van der Waals surface area contributed by atoms with Crippen LogP contribution in [0.4, 0.5) is 0 Å². The van der Waals surface area contributed by atoms with E-state index in [1.165, 1.54) is 6.20 Å². The van der Waals surface area contributed by atoms with Gasteiger partial charge in [-0.2, -0.15) is 0 Å². The van der Waals surface area contributed by atoms with E-state index in [-0.39, 0.29) is 5.43 Å². The van der Waals surface area contributed by atoms with Crippen LogP contribution in [-0.2, 0) is 0 Å². The lowest BCUT2D eigenvalue weighted by molar-refractivity contribution is 0.413. The number of ether oxygens (including phenoxy) is 1. The Kier molecular flexibility index (Phi) is 2.33. The third-order valence-corrected chi connectivity index (χ3v) is 2.17. The molecule has 0 aliphatic heterocycles. The molecule has 4 nitrogen and oxygen atoms in total. The summed E-state index contributed by atoms with van der Waals surface area (Å²) in [6.07, 6.45) is 2.87. The van der Waals surface area contributed by atoms with Crippen LogP contribution in [0, 0.1) is 6.92 Å². The molecule has 0 aliphatic carbocycles. The molecule has 0 unspecified atom stereocenters. The van der Waals surface area contributed by atoms with E-state index in [2.05, 4.69) is 9.97 Å². The molecule has 0 spiro atoms. The molecule has 0 saturated carbocycles. The molecule has 76 valence electrons. The number of pyridine rings is 1. The van der Waals surface area contributed by atoms with Crippen molar-refractivity contribution < 1.29 is 4.74 Å². The van der Waals surface area contributed by atoms with Crippen LogP contribution in [-0.4, -0.2) is 17.1 Å². The molecular formula is C11H10N2O2. The molecule has 0 radical (unpaired) electrons. The maximum absolute atomic E-state index is 11.4. The van der Waals surface area contributed by atoms with Crippen LogP contribution in [0.5, 0.6) is 5.75 Å². The minimum Gasteiger partial charge on any atom is -0.495 e. The summed E-state index contributed by atoms with van der Waals surface area (Å²) >= 11 is 0. The van der Waals surface area contributed by atoms with Gasteiger partial charge in [-0.3, -0.25) is 4.79 Å². The maximum Gasteiger partial charge on any atom is 0.199 e.